The van der Waals surface area contributed by atoms with Gasteiger partial charge < -0.3 is 15.0 Å². The number of benzene rings is 3. The number of alkyl halides is 3. The second-order valence-corrected chi connectivity index (χ2v) is 9.77. The zero-order chi connectivity index (χ0) is 25.5. The number of carbonyl (C=O) groups is 1. The maximum Gasteiger partial charge on any atom is 0.446 e. The SMILES string of the molecule is Cl.O=C(OCCN1CCN(c2cccc(Cl)c2)CC1)c1ccccc1Nc1cccc(SC(F)(F)F)c1. The topological polar surface area (TPSA) is 44.8 Å². The molecule has 11 heteroatoms. The molecule has 5 nitrogen and oxygen atoms in total. The number of nitrogens with zero attached hydrogens (tertiary/aromatic N) is 2. The van der Waals surface area contributed by atoms with Gasteiger partial charge in [-0.25, -0.2) is 4.79 Å². The number of thioether (sulfide) groups is 1. The number of anilines is 3. The van der Waals surface area contributed by atoms with Gasteiger partial charge in [0.1, 0.15) is 6.61 Å². The van der Waals surface area contributed by atoms with E-state index in [1.54, 1.807) is 30.3 Å². The van der Waals surface area contributed by atoms with Crippen LogP contribution in [-0.2, 0) is 4.74 Å². The molecule has 1 saturated heterocycles. The summed E-state index contributed by atoms with van der Waals surface area (Å²) in [5.41, 5.74) is -2.05. The number of esters is 1. The second-order valence-electron chi connectivity index (χ2n) is 8.19. The van der Waals surface area contributed by atoms with Crippen molar-refractivity contribution in [3.05, 3.63) is 83.4 Å². The number of halogens is 5. The highest BCUT2D eigenvalue weighted by Crippen LogP contribution is 2.38. The van der Waals surface area contributed by atoms with Gasteiger partial charge in [0.15, 0.2) is 0 Å². The Labute approximate surface area is 229 Å². The van der Waals surface area contributed by atoms with Crippen molar-refractivity contribution in [3.63, 3.8) is 0 Å². The zero-order valence-corrected chi connectivity index (χ0v) is 22.1. The molecule has 1 aliphatic rings. The third-order valence-corrected chi connectivity index (χ3v) is 6.64. The summed E-state index contributed by atoms with van der Waals surface area (Å²) in [7, 11) is 0. The van der Waals surface area contributed by atoms with E-state index >= 15 is 0 Å². The Bertz CT molecular complexity index is 1190. The highest BCUT2D eigenvalue weighted by atomic mass is 35.5. The normalized spacial score (nSPS) is 14.1. The summed E-state index contributed by atoms with van der Waals surface area (Å²) >= 11 is 5.91. The molecule has 0 aromatic heterocycles. The van der Waals surface area contributed by atoms with Gasteiger partial charge in [-0.2, -0.15) is 13.2 Å². The van der Waals surface area contributed by atoms with E-state index in [4.69, 9.17) is 16.3 Å². The van der Waals surface area contributed by atoms with Crippen LogP contribution in [0.15, 0.2) is 77.7 Å². The average Bonchev–Trinajstić information content (AvgIpc) is 2.84. The zero-order valence-electron chi connectivity index (χ0n) is 19.7. The lowest BCUT2D eigenvalue weighted by molar-refractivity contribution is -0.0328. The van der Waals surface area contributed by atoms with Crippen LogP contribution >= 0.6 is 35.8 Å². The molecular weight excluding hydrogens is 546 g/mol. The standard InChI is InChI=1S/C26H25ClF3N3O2S.ClH/c27-19-5-3-7-21(17-19)33-13-11-32(12-14-33)15-16-35-25(34)23-9-1-2-10-24(23)31-20-6-4-8-22(18-20)36-26(28,29)30;/h1-10,17-18,31H,11-16H2;1H. The van der Waals surface area contributed by atoms with Crippen LogP contribution in [0.25, 0.3) is 0 Å². The lowest BCUT2D eigenvalue weighted by Gasteiger charge is -2.36. The highest BCUT2D eigenvalue weighted by Gasteiger charge is 2.29. The van der Waals surface area contributed by atoms with Gasteiger partial charge in [-0.1, -0.05) is 35.9 Å². The summed E-state index contributed by atoms with van der Waals surface area (Å²) in [4.78, 5) is 17.3. The first kappa shape index (κ1) is 29.0. The van der Waals surface area contributed by atoms with Gasteiger partial charge in [0, 0.05) is 54.0 Å². The van der Waals surface area contributed by atoms with E-state index in [9.17, 15) is 18.0 Å². The molecule has 0 radical (unpaired) electrons. The van der Waals surface area contributed by atoms with E-state index in [1.807, 2.05) is 24.3 Å². The van der Waals surface area contributed by atoms with Crippen LogP contribution in [-0.4, -0.2) is 55.7 Å². The van der Waals surface area contributed by atoms with Crippen LogP contribution in [0.1, 0.15) is 10.4 Å². The quantitative estimate of drug-likeness (QED) is 0.230. The lowest BCUT2D eigenvalue weighted by Crippen LogP contribution is -2.47. The van der Waals surface area contributed by atoms with E-state index in [0.29, 0.717) is 28.5 Å². The maximum absolute atomic E-state index is 12.8. The number of hydrogen-bond donors (Lipinski definition) is 1. The molecule has 3 aromatic carbocycles. The molecule has 0 aliphatic carbocycles. The summed E-state index contributed by atoms with van der Waals surface area (Å²) < 4.78 is 43.6. The van der Waals surface area contributed by atoms with Crippen molar-refractivity contribution in [3.8, 4) is 0 Å². The number of hydrogen-bond acceptors (Lipinski definition) is 6. The summed E-state index contributed by atoms with van der Waals surface area (Å²) in [6, 6.07) is 20.5. The number of carbonyl (C=O) groups excluding carboxylic acids is 1. The lowest BCUT2D eigenvalue weighted by atomic mass is 10.1. The number of piperazine rings is 1. The first-order valence-corrected chi connectivity index (χ1v) is 12.6. The molecule has 1 fully saturated rings. The van der Waals surface area contributed by atoms with Crippen molar-refractivity contribution < 1.29 is 22.7 Å². The van der Waals surface area contributed by atoms with Gasteiger partial charge in [-0.05, 0) is 60.3 Å². The molecule has 4 rings (SSSR count). The molecule has 0 unspecified atom stereocenters. The molecule has 0 spiro atoms. The van der Waals surface area contributed by atoms with Crippen molar-refractivity contribution in [1.82, 2.24) is 4.90 Å². The van der Waals surface area contributed by atoms with Gasteiger partial charge in [0.25, 0.3) is 0 Å². The van der Waals surface area contributed by atoms with E-state index in [-0.39, 0.29) is 35.7 Å². The van der Waals surface area contributed by atoms with Gasteiger partial charge in [0.2, 0.25) is 0 Å². The fourth-order valence-corrected chi connectivity index (χ4v) is 4.73. The first-order chi connectivity index (χ1) is 17.3. The Morgan fingerprint density at radius 3 is 2.43 bits per heavy atom. The molecule has 0 saturated carbocycles. The fraction of sp³-hybridized carbons (Fsp3) is 0.269. The van der Waals surface area contributed by atoms with Crippen molar-refractivity contribution >= 4 is 58.8 Å². The van der Waals surface area contributed by atoms with Crippen LogP contribution in [0.5, 0.6) is 0 Å². The Balaban J connectivity index is 0.00000380. The first-order valence-electron chi connectivity index (χ1n) is 11.4. The van der Waals surface area contributed by atoms with E-state index in [1.165, 1.54) is 18.2 Å². The smallest absolute Gasteiger partial charge is 0.446 e. The van der Waals surface area contributed by atoms with Crippen LogP contribution in [0.3, 0.4) is 0 Å². The molecule has 3 aromatic rings. The number of nitrogens with one attached hydrogen (secondary N) is 1. The molecule has 1 heterocycles. The monoisotopic (exact) mass is 571 g/mol. The van der Waals surface area contributed by atoms with Crippen LogP contribution in [0, 0.1) is 0 Å². The molecule has 0 amide bonds. The van der Waals surface area contributed by atoms with Crippen molar-refractivity contribution in [2.24, 2.45) is 0 Å². The van der Waals surface area contributed by atoms with Crippen molar-refractivity contribution in [2.75, 3.05) is 49.5 Å². The van der Waals surface area contributed by atoms with Crippen molar-refractivity contribution in [2.45, 2.75) is 10.4 Å². The van der Waals surface area contributed by atoms with Crippen LogP contribution < -0.4 is 10.2 Å². The Morgan fingerprint density at radius 1 is 0.973 bits per heavy atom. The number of ether oxygens (including phenoxy) is 1. The summed E-state index contributed by atoms with van der Waals surface area (Å²) in [6.45, 7) is 4.24. The van der Waals surface area contributed by atoms with E-state index in [2.05, 4.69) is 15.1 Å². The molecule has 1 aliphatic heterocycles. The summed E-state index contributed by atoms with van der Waals surface area (Å²) in [5.74, 6) is -0.489. The van der Waals surface area contributed by atoms with Crippen LogP contribution in [0.4, 0.5) is 30.2 Å². The van der Waals surface area contributed by atoms with Gasteiger partial charge in [-0.15, -0.1) is 12.4 Å². The fourth-order valence-electron chi connectivity index (χ4n) is 3.94. The Morgan fingerprint density at radius 2 is 1.70 bits per heavy atom. The third-order valence-electron chi connectivity index (χ3n) is 5.68. The molecule has 1 N–H and O–H groups in total. The van der Waals surface area contributed by atoms with Crippen LogP contribution in [0.2, 0.25) is 5.02 Å². The van der Waals surface area contributed by atoms with Gasteiger partial charge in [0.05, 0.1) is 11.3 Å². The Kier molecular flexibility index (Phi) is 10.4. The van der Waals surface area contributed by atoms with Gasteiger partial charge >= 0.3 is 11.5 Å². The van der Waals surface area contributed by atoms with E-state index in [0.717, 1.165) is 31.9 Å². The second kappa shape index (κ2) is 13.3. The number of rotatable bonds is 8. The predicted octanol–water partition coefficient (Wildman–Crippen LogP) is 7.10. The molecule has 198 valence electrons. The minimum atomic E-state index is -4.37. The highest BCUT2D eigenvalue weighted by molar-refractivity contribution is 8.00. The van der Waals surface area contributed by atoms with Crippen molar-refractivity contribution in [1.29, 1.82) is 0 Å². The third kappa shape index (κ3) is 8.74. The largest absolute Gasteiger partial charge is 0.461 e. The molecule has 0 atom stereocenters. The Hall–Kier alpha value is -2.59. The summed E-state index contributed by atoms with van der Waals surface area (Å²) in [5, 5.41) is 3.75. The average molecular weight is 572 g/mol. The minimum Gasteiger partial charge on any atom is -0.461 e. The molecule has 37 heavy (non-hydrogen) atoms. The predicted molar refractivity (Wildman–Crippen MR) is 146 cm³/mol. The maximum atomic E-state index is 12.8. The minimum absolute atomic E-state index is 0. The molecule has 0 bridgehead atoms. The number of para-hydroxylation sites is 1. The molecular formula is C26H26Cl2F3N3O2S. The van der Waals surface area contributed by atoms with E-state index < -0.39 is 11.5 Å². The van der Waals surface area contributed by atoms with Gasteiger partial charge in [-0.3, -0.25) is 4.90 Å². The summed E-state index contributed by atoms with van der Waals surface area (Å²) in [6.07, 6.45) is 0.